The summed E-state index contributed by atoms with van der Waals surface area (Å²) < 4.78 is 44.5. The van der Waals surface area contributed by atoms with Gasteiger partial charge in [0, 0.05) is 30.1 Å². The highest BCUT2D eigenvalue weighted by Crippen LogP contribution is 2.30. The molecule has 0 spiro atoms. The van der Waals surface area contributed by atoms with E-state index in [0.717, 1.165) is 15.4 Å². The second kappa shape index (κ2) is 15.4. The lowest BCUT2D eigenvalue weighted by molar-refractivity contribution is -0.140. The maximum absolute atomic E-state index is 15.1. The molecule has 0 saturated heterocycles. The lowest BCUT2D eigenvalue weighted by Crippen LogP contribution is -2.54. The van der Waals surface area contributed by atoms with E-state index in [1.807, 2.05) is 51.1 Å². The van der Waals surface area contributed by atoms with E-state index in [4.69, 9.17) is 11.6 Å². The summed E-state index contributed by atoms with van der Waals surface area (Å²) in [4.78, 5) is 29.6. The molecule has 7 nitrogen and oxygen atoms in total. The van der Waals surface area contributed by atoms with Crippen molar-refractivity contribution in [3.8, 4) is 0 Å². The second-order valence-electron chi connectivity index (χ2n) is 11.7. The number of hydrogen-bond donors (Lipinski definition) is 1. The third-order valence-corrected chi connectivity index (χ3v) is 9.58. The molecule has 0 unspecified atom stereocenters. The number of aryl methyl sites for hydroxylation is 2. The summed E-state index contributed by atoms with van der Waals surface area (Å²) in [5.41, 5.74) is 2.65. The number of hydrogen-bond acceptors (Lipinski definition) is 4. The Morgan fingerprint density at radius 1 is 0.891 bits per heavy atom. The van der Waals surface area contributed by atoms with Crippen molar-refractivity contribution in [1.82, 2.24) is 10.2 Å². The fourth-order valence-electron chi connectivity index (χ4n) is 5.04. The maximum atomic E-state index is 15.1. The van der Waals surface area contributed by atoms with Gasteiger partial charge in [-0.05, 0) is 67.3 Å². The van der Waals surface area contributed by atoms with Crippen LogP contribution in [-0.4, -0.2) is 44.3 Å². The summed E-state index contributed by atoms with van der Waals surface area (Å²) >= 11 is 6.21. The van der Waals surface area contributed by atoms with Crippen molar-refractivity contribution in [2.24, 2.45) is 5.92 Å². The van der Waals surface area contributed by atoms with Gasteiger partial charge in [0.05, 0.1) is 10.6 Å². The minimum absolute atomic E-state index is 0.00332. The Morgan fingerprint density at radius 2 is 1.54 bits per heavy atom. The third-order valence-electron chi connectivity index (χ3n) is 7.57. The van der Waals surface area contributed by atoms with Crippen LogP contribution in [0.15, 0.2) is 102 Å². The Morgan fingerprint density at radius 3 is 2.17 bits per heavy atom. The van der Waals surface area contributed by atoms with E-state index < -0.39 is 40.2 Å². The predicted molar refractivity (Wildman–Crippen MR) is 181 cm³/mol. The summed E-state index contributed by atoms with van der Waals surface area (Å²) in [5.74, 6) is -1.49. The van der Waals surface area contributed by atoms with Gasteiger partial charge in [-0.1, -0.05) is 91.7 Å². The van der Waals surface area contributed by atoms with E-state index in [0.29, 0.717) is 17.1 Å². The molecular weight excluding hydrogens is 625 g/mol. The number of carbonyl (C=O) groups excluding carboxylic acids is 2. The molecule has 242 valence electrons. The lowest BCUT2D eigenvalue weighted by Gasteiger charge is -2.34. The van der Waals surface area contributed by atoms with Crippen LogP contribution in [0.25, 0.3) is 0 Å². The van der Waals surface area contributed by atoms with Crippen LogP contribution in [-0.2, 0) is 32.6 Å². The van der Waals surface area contributed by atoms with Crippen molar-refractivity contribution < 1.29 is 22.4 Å². The van der Waals surface area contributed by atoms with Crippen LogP contribution in [0.2, 0.25) is 5.02 Å². The van der Waals surface area contributed by atoms with Crippen molar-refractivity contribution in [2.75, 3.05) is 17.4 Å². The molecule has 0 aliphatic rings. The highest BCUT2D eigenvalue weighted by atomic mass is 35.5. The van der Waals surface area contributed by atoms with Crippen LogP contribution in [0.1, 0.15) is 36.1 Å². The van der Waals surface area contributed by atoms with E-state index in [9.17, 15) is 18.0 Å². The molecule has 10 heteroatoms. The van der Waals surface area contributed by atoms with Crippen LogP contribution in [0.5, 0.6) is 0 Å². The largest absolute Gasteiger partial charge is 0.354 e. The molecule has 4 aromatic rings. The van der Waals surface area contributed by atoms with Crippen molar-refractivity contribution in [3.05, 3.63) is 130 Å². The summed E-state index contributed by atoms with van der Waals surface area (Å²) in [6, 6.07) is 25.2. The molecule has 0 fully saturated rings. The summed E-state index contributed by atoms with van der Waals surface area (Å²) in [6.07, 6.45) is 0.135. The van der Waals surface area contributed by atoms with Gasteiger partial charge in [0.15, 0.2) is 0 Å². The molecule has 0 saturated carbocycles. The van der Waals surface area contributed by atoms with Crippen molar-refractivity contribution in [3.63, 3.8) is 0 Å². The Labute approximate surface area is 276 Å². The predicted octanol–water partition coefficient (Wildman–Crippen LogP) is 6.70. The highest BCUT2D eigenvalue weighted by molar-refractivity contribution is 7.92. The van der Waals surface area contributed by atoms with Gasteiger partial charge in [0.2, 0.25) is 11.8 Å². The zero-order valence-electron chi connectivity index (χ0n) is 26.4. The first-order valence-electron chi connectivity index (χ1n) is 15.1. The molecule has 0 radical (unpaired) electrons. The number of anilines is 1. The van der Waals surface area contributed by atoms with Gasteiger partial charge in [-0.15, -0.1) is 0 Å². The molecule has 2 amide bonds. The first kappa shape index (κ1) is 34.7. The zero-order valence-corrected chi connectivity index (χ0v) is 28.0. The zero-order chi connectivity index (χ0) is 33.4. The van der Waals surface area contributed by atoms with Crippen LogP contribution in [0, 0.1) is 25.6 Å². The molecule has 0 aromatic heterocycles. The van der Waals surface area contributed by atoms with E-state index in [2.05, 4.69) is 5.32 Å². The molecule has 0 bridgehead atoms. The second-order valence-corrected chi connectivity index (χ2v) is 14.0. The van der Waals surface area contributed by atoms with Crippen molar-refractivity contribution in [1.29, 1.82) is 0 Å². The molecule has 0 aliphatic heterocycles. The minimum Gasteiger partial charge on any atom is -0.354 e. The van der Waals surface area contributed by atoms with Crippen LogP contribution >= 0.6 is 11.6 Å². The number of carbonyl (C=O) groups is 2. The first-order chi connectivity index (χ1) is 21.9. The van der Waals surface area contributed by atoms with Gasteiger partial charge < -0.3 is 10.2 Å². The molecule has 46 heavy (non-hydrogen) atoms. The highest BCUT2D eigenvalue weighted by Gasteiger charge is 2.35. The van der Waals surface area contributed by atoms with Gasteiger partial charge in [0.1, 0.15) is 18.4 Å². The SMILES string of the molecule is Cc1ccc(S(=O)(=O)N(CC(=O)N(Cc2ccccc2F)[C@H](Cc2ccccc2)C(=O)NCC(C)C)c2ccc(Cl)cc2C)cc1. The average Bonchev–Trinajstić information content (AvgIpc) is 3.02. The van der Waals surface area contributed by atoms with E-state index >= 15 is 4.39 Å². The van der Waals surface area contributed by atoms with Gasteiger partial charge in [-0.2, -0.15) is 0 Å². The molecule has 1 N–H and O–H groups in total. The van der Waals surface area contributed by atoms with Crippen LogP contribution < -0.4 is 9.62 Å². The quantitative estimate of drug-likeness (QED) is 0.172. The normalized spacial score (nSPS) is 12.1. The number of amides is 2. The summed E-state index contributed by atoms with van der Waals surface area (Å²) in [6.45, 7) is 6.93. The monoisotopic (exact) mass is 663 g/mol. The Balaban J connectivity index is 1.83. The number of nitrogens with one attached hydrogen (secondary N) is 1. The molecular formula is C36H39ClFN3O4S. The van der Waals surface area contributed by atoms with Crippen LogP contribution in [0.3, 0.4) is 0 Å². The van der Waals surface area contributed by atoms with Gasteiger partial charge in [-0.25, -0.2) is 12.8 Å². The summed E-state index contributed by atoms with van der Waals surface area (Å²) in [7, 11) is -4.27. The number of benzene rings is 4. The topological polar surface area (TPSA) is 86.8 Å². The van der Waals surface area contributed by atoms with Crippen molar-refractivity contribution >= 4 is 39.1 Å². The molecule has 1 atom stereocenters. The van der Waals surface area contributed by atoms with E-state index in [1.54, 1.807) is 55.5 Å². The van der Waals surface area contributed by atoms with E-state index in [1.165, 1.54) is 23.1 Å². The number of sulfonamides is 1. The fourth-order valence-corrected chi connectivity index (χ4v) is 6.74. The number of nitrogens with zero attached hydrogens (tertiary/aromatic N) is 2. The smallest absolute Gasteiger partial charge is 0.264 e. The molecule has 4 aromatic carbocycles. The Bertz CT molecular complexity index is 1770. The Kier molecular flexibility index (Phi) is 11.6. The fraction of sp³-hybridized carbons (Fsp3) is 0.278. The number of halogens is 2. The van der Waals surface area contributed by atoms with Gasteiger partial charge in [0.25, 0.3) is 10.0 Å². The molecule has 0 heterocycles. The molecule has 0 aliphatic carbocycles. The van der Waals surface area contributed by atoms with E-state index in [-0.39, 0.29) is 35.0 Å². The summed E-state index contributed by atoms with van der Waals surface area (Å²) in [5, 5.41) is 3.34. The van der Waals surface area contributed by atoms with Crippen LogP contribution in [0.4, 0.5) is 10.1 Å². The number of rotatable bonds is 13. The standard InChI is InChI=1S/C36H39ClFN3O4S/c1-25(2)22-39-36(43)34(21-28-10-6-5-7-11-28)40(23-29-12-8-9-13-32(29)38)35(42)24-41(33-19-16-30(37)20-27(33)4)46(44,45)31-17-14-26(3)15-18-31/h5-20,25,34H,21-24H2,1-4H3,(H,39,43)/t34-/m1/s1. The van der Waals surface area contributed by atoms with Gasteiger partial charge in [-0.3, -0.25) is 13.9 Å². The average molecular weight is 664 g/mol. The maximum Gasteiger partial charge on any atom is 0.264 e. The Hall–Kier alpha value is -4.21. The molecule has 4 rings (SSSR count). The van der Waals surface area contributed by atoms with Crippen molar-refractivity contribution in [2.45, 2.75) is 51.6 Å². The van der Waals surface area contributed by atoms with Gasteiger partial charge >= 0.3 is 0 Å². The minimum atomic E-state index is -4.27. The first-order valence-corrected chi connectivity index (χ1v) is 16.9. The third kappa shape index (κ3) is 8.73. The lowest BCUT2D eigenvalue weighted by atomic mass is 10.0.